The predicted octanol–water partition coefficient (Wildman–Crippen LogP) is 0.576. The Hall–Kier alpha value is -0.0800. The first-order chi connectivity index (χ1) is 3.18. The molecule has 7 heavy (non-hydrogen) atoms. The Labute approximate surface area is 43.8 Å². The molecule has 0 aliphatic carbocycles. The fourth-order valence-electron chi connectivity index (χ4n) is 0.332. The van der Waals surface area contributed by atoms with Crippen molar-refractivity contribution in [1.82, 2.24) is 0 Å². The average molecular weight is 103 g/mol. The second-order valence-electron chi connectivity index (χ2n) is 1.68. The highest BCUT2D eigenvalue weighted by atomic mass is 16.3. The molecule has 0 spiro atoms. The number of aliphatic hydroxyl groups is 1. The zero-order valence-electron chi connectivity index (χ0n) is 4.72. The summed E-state index contributed by atoms with van der Waals surface area (Å²) in [5.74, 6) is 0. The van der Waals surface area contributed by atoms with E-state index < -0.39 is 12.2 Å². The lowest BCUT2D eigenvalue weighted by atomic mass is 10.2. The lowest BCUT2D eigenvalue weighted by Gasteiger charge is -2.06. The predicted molar refractivity (Wildman–Crippen MR) is 26.4 cm³/mol. The third kappa shape index (κ3) is 2.60. The fraction of sp³-hybridized carbons (Fsp3) is 1.00. The van der Waals surface area contributed by atoms with Gasteiger partial charge >= 0.3 is 0 Å². The van der Waals surface area contributed by atoms with Gasteiger partial charge in [-0.2, -0.15) is 0 Å². The third-order valence-corrected chi connectivity index (χ3v) is 0.960. The van der Waals surface area contributed by atoms with E-state index in [4.69, 9.17) is 5.11 Å². The summed E-state index contributed by atoms with van der Waals surface area (Å²) in [6, 6.07) is 0. The zero-order valence-corrected chi connectivity index (χ0v) is 4.72. The van der Waals surface area contributed by atoms with Gasteiger partial charge in [-0.05, 0) is 13.3 Å². The van der Waals surface area contributed by atoms with Gasteiger partial charge in [0, 0.05) is 0 Å². The van der Waals surface area contributed by atoms with Crippen LogP contribution in [-0.4, -0.2) is 17.3 Å². The van der Waals surface area contributed by atoms with Crippen LogP contribution in [0.1, 0.15) is 20.3 Å². The van der Waals surface area contributed by atoms with Crippen molar-refractivity contribution in [1.29, 1.82) is 0 Å². The Kier molecular flexibility index (Phi) is 2.96. The Morgan fingerprint density at radius 1 is 1.71 bits per heavy atom. The van der Waals surface area contributed by atoms with Gasteiger partial charge in [0.25, 0.3) is 0 Å². The van der Waals surface area contributed by atoms with E-state index in [1.807, 2.05) is 0 Å². The van der Waals surface area contributed by atoms with Crippen LogP contribution < -0.4 is 0 Å². The largest absolute Gasteiger partial charge is 0.390 e. The highest BCUT2D eigenvalue weighted by molar-refractivity contribution is 4.56. The normalized spacial score (nSPS) is 18.9. The molecule has 0 saturated carbocycles. The molecule has 0 aromatic carbocycles. The molecule has 2 heteroatoms. The molecule has 0 amide bonds. The van der Waals surface area contributed by atoms with E-state index in [2.05, 4.69) is 0 Å². The van der Waals surface area contributed by atoms with Crippen LogP contribution >= 0.6 is 0 Å². The van der Waals surface area contributed by atoms with E-state index in [0.717, 1.165) is 0 Å². The van der Waals surface area contributed by atoms with E-state index in [0.29, 0.717) is 6.42 Å². The number of aliphatic hydroxyl groups excluding tert-OH is 1. The monoisotopic (exact) mass is 103 g/mol. The van der Waals surface area contributed by atoms with Crippen LogP contribution in [0.2, 0.25) is 0 Å². The van der Waals surface area contributed by atoms with Gasteiger partial charge in [0.1, 0.15) is 6.10 Å². The molecule has 0 heterocycles. The number of rotatable bonds is 2. The molecule has 0 rings (SSSR count). The third-order valence-electron chi connectivity index (χ3n) is 0.960. The summed E-state index contributed by atoms with van der Waals surface area (Å²) >= 11 is 0. The second-order valence-corrected chi connectivity index (χ2v) is 1.68. The second kappa shape index (κ2) is 2.99. The van der Waals surface area contributed by atoms with Gasteiger partial charge in [0.15, 0.2) is 0 Å². The molecule has 0 fully saturated rings. The molecule has 0 aliphatic heterocycles. The topological polar surface area (TPSA) is 40.1 Å². The fourth-order valence-corrected chi connectivity index (χ4v) is 0.332. The highest BCUT2D eigenvalue weighted by Gasteiger charge is 2.07. The highest BCUT2D eigenvalue weighted by Crippen LogP contribution is 1.95. The molecule has 0 aliphatic rings. The average Bonchev–Trinajstić information content (AvgIpc) is 1.65. The summed E-state index contributed by atoms with van der Waals surface area (Å²) < 4.78 is 0. The molecule has 0 aromatic heterocycles. The van der Waals surface area contributed by atoms with Gasteiger partial charge in [-0.1, -0.05) is 6.92 Å². The number of hydrogen-bond donors (Lipinski definition) is 1. The van der Waals surface area contributed by atoms with E-state index in [9.17, 15) is 5.11 Å². The smallest absolute Gasteiger partial charge is 0.116 e. The van der Waals surface area contributed by atoms with Crippen LogP contribution in [0.3, 0.4) is 0 Å². The van der Waals surface area contributed by atoms with Crippen molar-refractivity contribution in [2.45, 2.75) is 32.5 Å². The number of hydrogen-bond acceptors (Lipinski definition) is 1. The molecule has 2 unspecified atom stereocenters. The van der Waals surface area contributed by atoms with Crippen molar-refractivity contribution < 1.29 is 10.2 Å². The van der Waals surface area contributed by atoms with Gasteiger partial charge in [-0.15, -0.1) is 0 Å². The summed E-state index contributed by atoms with van der Waals surface area (Å²) in [5.41, 5.74) is 0. The standard InChI is InChI=1S/C5H11O2/c1-3-5(7)4(2)6/h4-5,7H,3H2,1-2H3. The maximum absolute atomic E-state index is 10.2. The Morgan fingerprint density at radius 2 is 2.14 bits per heavy atom. The lowest BCUT2D eigenvalue weighted by molar-refractivity contribution is -0.0145. The maximum atomic E-state index is 10.2. The zero-order chi connectivity index (χ0) is 5.86. The summed E-state index contributed by atoms with van der Waals surface area (Å²) in [7, 11) is 0. The van der Waals surface area contributed by atoms with Gasteiger partial charge in [-0.25, -0.2) is 5.11 Å². The summed E-state index contributed by atoms with van der Waals surface area (Å²) in [6.45, 7) is 3.26. The molecule has 0 aromatic rings. The van der Waals surface area contributed by atoms with Crippen molar-refractivity contribution >= 4 is 0 Å². The Morgan fingerprint density at radius 3 is 2.14 bits per heavy atom. The summed E-state index contributed by atoms with van der Waals surface area (Å²) in [5, 5.41) is 18.8. The quantitative estimate of drug-likeness (QED) is 0.545. The first-order valence-corrected chi connectivity index (χ1v) is 2.52. The van der Waals surface area contributed by atoms with Crippen LogP contribution in [0, 0.1) is 0 Å². The SMILES string of the molecule is CCC(O)C(C)[O]. The maximum Gasteiger partial charge on any atom is 0.116 e. The van der Waals surface area contributed by atoms with E-state index >= 15 is 0 Å². The molecular weight excluding hydrogens is 92.1 g/mol. The van der Waals surface area contributed by atoms with Crippen LogP contribution in [0.5, 0.6) is 0 Å². The minimum atomic E-state index is -0.829. The summed E-state index contributed by atoms with van der Waals surface area (Å²) in [6.07, 6.45) is -0.921. The van der Waals surface area contributed by atoms with Crippen molar-refractivity contribution in [2.75, 3.05) is 0 Å². The minimum absolute atomic E-state index is 0.560. The lowest BCUT2D eigenvalue weighted by Crippen LogP contribution is -2.19. The van der Waals surface area contributed by atoms with Crippen molar-refractivity contribution in [3.63, 3.8) is 0 Å². The summed E-state index contributed by atoms with van der Waals surface area (Å²) in [4.78, 5) is 0. The van der Waals surface area contributed by atoms with Crippen LogP contribution in [0.25, 0.3) is 0 Å². The Bertz CT molecular complexity index is 43.3. The van der Waals surface area contributed by atoms with Gasteiger partial charge < -0.3 is 5.11 Å². The van der Waals surface area contributed by atoms with Crippen molar-refractivity contribution in [2.24, 2.45) is 0 Å². The molecule has 2 nitrogen and oxygen atoms in total. The van der Waals surface area contributed by atoms with E-state index in [-0.39, 0.29) is 0 Å². The first kappa shape index (κ1) is 6.92. The van der Waals surface area contributed by atoms with Gasteiger partial charge in [-0.3, -0.25) is 0 Å². The van der Waals surface area contributed by atoms with Crippen LogP contribution in [-0.2, 0) is 5.11 Å². The first-order valence-electron chi connectivity index (χ1n) is 2.52. The van der Waals surface area contributed by atoms with Crippen LogP contribution in [0.4, 0.5) is 0 Å². The molecule has 2 atom stereocenters. The van der Waals surface area contributed by atoms with Crippen molar-refractivity contribution in [3.8, 4) is 0 Å². The molecule has 1 radical (unpaired) electrons. The molecule has 0 saturated heterocycles. The van der Waals surface area contributed by atoms with E-state index in [1.165, 1.54) is 6.92 Å². The molecule has 0 bridgehead atoms. The molecule has 43 valence electrons. The van der Waals surface area contributed by atoms with Crippen molar-refractivity contribution in [3.05, 3.63) is 0 Å². The Balaban J connectivity index is 3.14. The van der Waals surface area contributed by atoms with Gasteiger partial charge in [0.05, 0.1) is 6.10 Å². The molecular formula is C5H11O2. The van der Waals surface area contributed by atoms with Crippen LogP contribution in [0.15, 0.2) is 0 Å². The van der Waals surface area contributed by atoms with Gasteiger partial charge in [0.2, 0.25) is 0 Å². The van der Waals surface area contributed by atoms with E-state index in [1.54, 1.807) is 6.92 Å². The minimum Gasteiger partial charge on any atom is -0.390 e. The molecule has 1 N–H and O–H groups in total.